The molecule has 1 aromatic heterocycles. The smallest absolute Gasteiger partial charge is 0.147 e. The van der Waals surface area contributed by atoms with Crippen LogP contribution in [0.15, 0.2) is 18.2 Å². The van der Waals surface area contributed by atoms with Crippen LogP contribution in [0, 0.1) is 18.7 Å². The number of aryl methyl sites for hydroxylation is 1. The molecule has 0 bridgehead atoms. The van der Waals surface area contributed by atoms with Gasteiger partial charge in [0.15, 0.2) is 0 Å². The summed E-state index contributed by atoms with van der Waals surface area (Å²) < 4.78 is 13.8. The fraction of sp³-hybridized carbons (Fsp3) is 0.500. The number of aliphatic hydroxyl groups is 1. The van der Waals surface area contributed by atoms with Crippen molar-refractivity contribution in [2.24, 2.45) is 5.92 Å². The number of aliphatic hydroxyl groups excluding tert-OH is 1. The average molecular weight is 261 g/mol. The summed E-state index contributed by atoms with van der Waals surface area (Å²) in [5, 5.41) is 11.1. The van der Waals surface area contributed by atoms with E-state index in [9.17, 15) is 9.50 Å². The van der Waals surface area contributed by atoms with E-state index in [1.165, 1.54) is 18.1 Å². The summed E-state index contributed by atoms with van der Waals surface area (Å²) >= 11 is 0. The molecule has 2 aromatic rings. The van der Waals surface area contributed by atoms with Gasteiger partial charge in [0, 0.05) is 11.1 Å². The predicted octanol–water partition coefficient (Wildman–Crippen LogP) is 3.71. The molecule has 2 atom stereocenters. The van der Waals surface area contributed by atoms with Crippen LogP contribution < -0.4 is 0 Å². The molecule has 0 saturated heterocycles. The maximum absolute atomic E-state index is 13.8. The lowest BCUT2D eigenvalue weighted by molar-refractivity contribution is 0.0701. The molecule has 3 rings (SSSR count). The second-order valence-corrected chi connectivity index (χ2v) is 5.71. The molecule has 1 aliphatic rings. The number of fused-ring (bicyclic) bond motifs is 1. The lowest BCUT2D eigenvalue weighted by Gasteiger charge is -2.27. The number of hydrogen-bond acceptors (Lipinski definition) is 1. The lowest BCUT2D eigenvalue weighted by Crippen LogP contribution is -2.26. The molecule has 1 aliphatic carbocycles. The zero-order chi connectivity index (χ0) is 13.4. The second kappa shape index (κ2) is 4.97. The third-order valence-electron chi connectivity index (χ3n) is 4.44. The van der Waals surface area contributed by atoms with Crippen molar-refractivity contribution in [2.75, 3.05) is 0 Å². The normalized spacial score (nSPS) is 23.9. The molecule has 1 saturated carbocycles. The molecule has 3 heteroatoms. The van der Waals surface area contributed by atoms with Gasteiger partial charge in [-0.2, -0.15) is 0 Å². The Kier molecular flexibility index (Phi) is 3.31. The number of rotatable bonds is 2. The van der Waals surface area contributed by atoms with Crippen molar-refractivity contribution in [3.63, 3.8) is 0 Å². The van der Waals surface area contributed by atoms with Crippen molar-refractivity contribution in [1.82, 2.24) is 4.98 Å². The molecule has 0 radical (unpaired) electrons. The van der Waals surface area contributed by atoms with Gasteiger partial charge in [0.05, 0.1) is 11.6 Å². The van der Waals surface area contributed by atoms with Crippen LogP contribution in [0.3, 0.4) is 0 Å². The second-order valence-electron chi connectivity index (χ2n) is 5.71. The molecule has 2 unspecified atom stereocenters. The van der Waals surface area contributed by atoms with Gasteiger partial charge in [-0.25, -0.2) is 4.39 Å². The Morgan fingerprint density at radius 2 is 2.11 bits per heavy atom. The summed E-state index contributed by atoms with van der Waals surface area (Å²) in [7, 11) is 0. The van der Waals surface area contributed by atoms with Crippen LogP contribution in [-0.4, -0.2) is 16.2 Å². The van der Waals surface area contributed by atoms with E-state index in [1.54, 1.807) is 6.07 Å². The number of nitrogens with one attached hydrogen (secondary N) is 1. The molecule has 2 N–H and O–H groups in total. The quantitative estimate of drug-likeness (QED) is 0.849. The number of benzene rings is 1. The van der Waals surface area contributed by atoms with Crippen molar-refractivity contribution in [1.29, 1.82) is 0 Å². The molecule has 1 fully saturated rings. The Bertz CT molecular complexity index is 590. The summed E-state index contributed by atoms with van der Waals surface area (Å²) in [6.07, 6.45) is 4.93. The third kappa shape index (κ3) is 2.27. The molecule has 102 valence electrons. The maximum atomic E-state index is 13.8. The van der Waals surface area contributed by atoms with Crippen LogP contribution >= 0.6 is 0 Å². The molecule has 2 nitrogen and oxygen atoms in total. The predicted molar refractivity (Wildman–Crippen MR) is 74.7 cm³/mol. The monoisotopic (exact) mass is 261 g/mol. The highest BCUT2D eigenvalue weighted by molar-refractivity contribution is 5.85. The SMILES string of the molecule is Cc1[nH]c2c(F)cccc2c1CC1CCCCC1O. The van der Waals surface area contributed by atoms with Gasteiger partial charge in [-0.15, -0.1) is 0 Å². The van der Waals surface area contributed by atoms with Crippen LogP contribution in [0.1, 0.15) is 36.9 Å². The van der Waals surface area contributed by atoms with Gasteiger partial charge < -0.3 is 10.1 Å². The number of aromatic amines is 1. The van der Waals surface area contributed by atoms with Gasteiger partial charge in [0.2, 0.25) is 0 Å². The molecular weight excluding hydrogens is 241 g/mol. The largest absolute Gasteiger partial charge is 0.393 e. The fourth-order valence-electron chi connectivity index (χ4n) is 3.32. The Labute approximate surface area is 112 Å². The minimum absolute atomic E-state index is 0.198. The molecule has 19 heavy (non-hydrogen) atoms. The van der Waals surface area contributed by atoms with Crippen LogP contribution in [0.5, 0.6) is 0 Å². The van der Waals surface area contributed by atoms with E-state index in [4.69, 9.17) is 0 Å². The standard InChI is InChI=1S/C16H20FNO/c1-10-13(9-11-5-2-3-8-15(11)19)12-6-4-7-14(17)16(12)18-10/h4,6-7,11,15,18-19H,2-3,5,8-9H2,1H3. The fourth-order valence-corrected chi connectivity index (χ4v) is 3.32. The Balaban J connectivity index is 1.96. The number of aromatic nitrogens is 1. The van der Waals surface area contributed by atoms with E-state index in [2.05, 4.69) is 4.98 Å². The van der Waals surface area contributed by atoms with Gasteiger partial charge in [-0.05, 0) is 43.7 Å². The van der Waals surface area contributed by atoms with Crippen molar-refractivity contribution in [2.45, 2.75) is 45.1 Å². The zero-order valence-electron chi connectivity index (χ0n) is 11.2. The first-order valence-corrected chi connectivity index (χ1v) is 7.10. The first kappa shape index (κ1) is 12.7. The van der Waals surface area contributed by atoms with E-state index >= 15 is 0 Å². The summed E-state index contributed by atoms with van der Waals surface area (Å²) in [5.41, 5.74) is 2.79. The van der Waals surface area contributed by atoms with Crippen molar-refractivity contribution in [3.8, 4) is 0 Å². The summed E-state index contributed by atoms with van der Waals surface area (Å²) in [6, 6.07) is 5.20. The number of para-hydroxylation sites is 1. The van der Waals surface area contributed by atoms with E-state index in [-0.39, 0.29) is 11.9 Å². The Hall–Kier alpha value is -1.35. The maximum Gasteiger partial charge on any atom is 0.147 e. The summed E-state index contributed by atoms with van der Waals surface area (Å²) in [6.45, 7) is 1.99. The summed E-state index contributed by atoms with van der Waals surface area (Å²) in [5.74, 6) is 0.116. The van der Waals surface area contributed by atoms with E-state index in [0.29, 0.717) is 11.4 Å². The molecule has 0 amide bonds. The molecule has 1 heterocycles. The topological polar surface area (TPSA) is 36.0 Å². The minimum Gasteiger partial charge on any atom is -0.393 e. The highest BCUT2D eigenvalue weighted by atomic mass is 19.1. The lowest BCUT2D eigenvalue weighted by atomic mass is 9.82. The summed E-state index contributed by atoms with van der Waals surface area (Å²) in [4.78, 5) is 3.14. The van der Waals surface area contributed by atoms with Gasteiger partial charge >= 0.3 is 0 Å². The highest BCUT2D eigenvalue weighted by Gasteiger charge is 2.25. The third-order valence-corrected chi connectivity index (χ3v) is 4.44. The van der Waals surface area contributed by atoms with Gasteiger partial charge in [0.25, 0.3) is 0 Å². The van der Waals surface area contributed by atoms with Gasteiger partial charge in [-0.3, -0.25) is 0 Å². The van der Waals surface area contributed by atoms with E-state index < -0.39 is 0 Å². The van der Waals surface area contributed by atoms with Crippen molar-refractivity contribution >= 4 is 10.9 Å². The number of H-pyrrole nitrogens is 1. The first-order valence-electron chi connectivity index (χ1n) is 7.10. The Morgan fingerprint density at radius 1 is 1.32 bits per heavy atom. The molecule has 0 spiro atoms. The van der Waals surface area contributed by atoms with Crippen molar-refractivity contribution in [3.05, 3.63) is 35.3 Å². The highest BCUT2D eigenvalue weighted by Crippen LogP contribution is 2.32. The molecule has 1 aromatic carbocycles. The van der Waals surface area contributed by atoms with Crippen LogP contribution in [0.25, 0.3) is 10.9 Å². The van der Waals surface area contributed by atoms with Crippen LogP contribution in [0.4, 0.5) is 4.39 Å². The van der Waals surface area contributed by atoms with E-state index in [1.807, 2.05) is 13.0 Å². The zero-order valence-corrected chi connectivity index (χ0v) is 11.2. The Morgan fingerprint density at radius 3 is 2.89 bits per heavy atom. The van der Waals surface area contributed by atoms with Crippen LogP contribution in [-0.2, 0) is 6.42 Å². The van der Waals surface area contributed by atoms with E-state index in [0.717, 1.165) is 36.8 Å². The van der Waals surface area contributed by atoms with Gasteiger partial charge in [0.1, 0.15) is 5.82 Å². The first-order chi connectivity index (χ1) is 9.16. The number of hydrogen-bond donors (Lipinski definition) is 2. The van der Waals surface area contributed by atoms with Crippen LogP contribution in [0.2, 0.25) is 0 Å². The number of halogens is 1. The molecule has 0 aliphatic heterocycles. The minimum atomic E-state index is -0.202. The average Bonchev–Trinajstić information content (AvgIpc) is 2.71. The van der Waals surface area contributed by atoms with Gasteiger partial charge in [-0.1, -0.05) is 25.0 Å². The van der Waals surface area contributed by atoms with Crippen molar-refractivity contribution < 1.29 is 9.50 Å². The molecular formula is C16H20FNO.